The number of amides is 2. The zero-order valence-corrected chi connectivity index (χ0v) is 11.2. The van der Waals surface area contributed by atoms with E-state index in [0.717, 1.165) is 11.1 Å². The van der Waals surface area contributed by atoms with Crippen molar-refractivity contribution in [2.75, 3.05) is 5.32 Å². The average molecular weight is 283 g/mol. The fraction of sp³-hybridized carbons (Fsp3) is 0.133. The van der Waals surface area contributed by atoms with Gasteiger partial charge in [0.15, 0.2) is 0 Å². The predicted molar refractivity (Wildman–Crippen MR) is 77.8 cm³/mol. The van der Waals surface area contributed by atoms with Crippen molar-refractivity contribution in [2.45, 2.75) is 13.1 Å². The van der Waals surface area contributed by atoms with Gasteiger partial charge < -0.3 is 10.2 Å². The molecule has 2 aromatic carbocycles. The monoisotopic (exact) mass is 283 g/mol. The van der Waals surface area contributed by atoms with Gasteiger partial charge in [0, 0.05) is 30.9 Å². The number of hydrogen-bond acceptors (Lipinski definition) is 3. The van der Waals surface area contributed by atoms with Gasteiger partial charge >= 0.3 is 6.03 Å². The van der Waals surface area contributed by atoms with E-state index < -0.39 is 4.92 Å². The molecule has 2 aromatic rings. The molecule has 0 spiro atoms. The summed E-state index contributed by atoms with van der Waals surface area (Å²) < 4.78 is 0. The second-order valence-electron chi connectivity index (χ2n) is 4.86. The van der Waals surface area contributed by atoms with Crippen LogP contribution in [0.3, 0.4) is 0 Å². The third-order valence-electron chi connectivity index (χ3n) is 3.46. The average Bonchev–Trinajstić information content (AvgIpc) is 2.92. The Hall–Kier alpha value is -2.89. The zero-order chi connectivity index (χ0) is 14.8. The first-order valence-electron chi connectivity index (χ1n) is 6.50. The first-order valence-corrected chi connectivity index (χ1v) is 6.50. The van der Waals surface area contributed by atoms with Gasteiger partial charge in [0.05, 0.1) is 4.92 Å². The normalized spacial score (nSPS) is 12.9. The largest absolute Gasteiger partial charge is 0.322 e. The van der Waals surface area contributed by atoms with Crippen LogP contribution in [0.15, 0.2) is 48.5 Å². The minimum absolute atomic E-state index is 0.00146. The van der Waals surface area contributed by atoms with E-state index in [9.17, 15) is 14.9 Å². The van der Waals surface area contributed by atoms with Crippen LogP contribution < -0.4 is 5.32 Å². The van der Waals surface area contributed by atoms with E-state index in [1.54, 1.807) is 4.90 Å². The molecule has 106 valence electrons. The van der Waals surface area contributed by atoms with Crippen molar-refractivity contribution in [1.82, 2.24) is 4.90 Å². The van der Waals surface area contributed by atoms with E-state index in [2.05, 4.69) is 5.32 Å². The van der Waals surface area contributed by atoms with Gasteiger partial charge in [-0.1, -0.05) is 24.3 Å². The highest BCUT2D eigenvalue weighted by Gasteiger charge is 2.22. The Bertz CT molecular complexity index is 673. The molecule has 21 heavy (non-hydrogen) atoms. The molecule has 1 aliphatic heterocycles. The van der Waals surface area contributed by atoms with E-state index >= 15 is 0 Å². The minimum Gasteiger partial charge on any atom is -0.316 e. The summed E-state index contributed by atoms with van der Waals surface area (Å²) >= 11 is 0. The van der Waals surface area contributed by atoms with Gasteiger partial charge in [-0.15, -0.1) is 0 Å². The molecule has 0 unspecified atom stereocenters. The lowest BCUT2D eigenvalue weighted by atomic mass is 10.1. The highest BCUT2D eigenvalue weighted by atomic mass is 16.6. The molecule has 6 heteroatoms. The van der Waals surface area contributed by atoms with Crippen LogP contribution in [-0.4, -0.2) is 15.9 Å². The zero-order valence-electron chi connectivity index (χ0n) is 11.2. The number of hydrogen-bond donors (Lipinski definition) is 1. The smallest absolute Gasteiger partial charge is 0.316 e. The summed E-state index contributed by atoms with van der Waals surface area (Å²) in [5.74, 6) is 0. The highest BCUT2D eigenvalue weighted by molar-refractivity contribution is 5.89. The number of rotatable bonds is 2. The Balaban J connectivity index is 1.66. The Morgan fingerprint density at radius 2 is 1.62 bits per heavy atom. The van der Waals surface area contributed by atoms with E-state index in [-0.39, 0.29) is 11.7 Å². The Morgan fingerprint density at radius 1 is 1.05 bits per heavy atom. The third kappa shape index (κ3) is 2.69. The molecule has 0 fully saturated rings. The molecular formula is C15H13N3O3. The van der Waals surface area contributed by atoms with Crippen LogP contribution in [0.2, 0.25) is 0 Å². The number of carbonyl (C=O) groups is 1. The van der Waals surface area contributed by atoms with Crippen molar-refractivity contribution >= 4 is 17.4 Å². The molecule has 0 saturated heterocycles. The van der Waals surface area contributed by atoms with Crippen LogP contribution in [0, 0.1) is 10.1 Å². The summed E-state index contributed by atoms with van der Waals surface area (Å²) in [6, 6.07) is 13.5. The topological polar surface area (TPSA) is 75.5 Å². The number of nitro groups is 1. The lowest BCUT2D eigenvalue weighted by Crippen LogP contribution is -2.30. The fourth-order valence-corrected chi connectivity index (χ4v) is 2.35. The fourth-order valence-electron chi connectivity index (χ4n) is 2.35. The first-order chi connectivity index (χ1) is 10.1. The van der Waals surface area contributed by atoms with Crippen LogP contribution in [0.1, 0.15) is 11.1 Å². The summed E-state index contributed by atoms with van der Waals surface area (Å²) in [5, 5.41) is 13.3. The minimum atomic E-state index is -0.470. The molecule has 1 heterocycles. The van der Waals surface area contributed by atoms with Crippen LogP contribution >= 0.6 is 0 Å². The standard InChI is InChI=1S/C15H13N3O3/c19-15(16-13-5-7-14(8-6-13)18(20)21)17-9-11-3-1-2-4-12(11)10-17/h1-8H,9-10H2,(H,16,19). The van der Waals surface area contributed by atoms with Crippen molar-refractivity contribution in [3.8, 4) is 0 Å². The maximum Gasteiger partial charge on any atom is 0.322 e. The van der Waals surface area contributed by atoms with Gasteiger partial charge in [0.1, 0.15) is 0 Å². The van der Waals surface area contributed by atoms with Crippen LogP contribution in [0.4, 0.5) is 16.2 Å². The lowest BCUT2D eigenvalue weighted by Gasteiger charge is -2.16. The number of nitrogens with one attached hydrogen (secondary N) is 1. The molecule has 0 aliphatic carbocycles. The molecule has 0 aromatic heterocycles. The van der Waals surface area contributed by atoms with Gasteiger partial charge in [0.2, 0.25) is 0 Å². The lowest BCUT2D eigenvalue weighted by molar-refractivity contribution is -0.384. The van der Waals surface area contributed by atoms with Gasteiger partial charge in [-0.05, 0) is 23.3 Å². The van der Waals surface area contributed by atoms with Crippen LogP contribution in [0.25, 0.3) is 0 Å². The number of carbonyl (C=O) groups excluding carboxylic acids is 1. The number of urea groups is 1. The number of nitro benzene ring substituents is 1. The number of nitrogens with zero attached hydrogens (tertiary/aromatic N) is 2. The SMILES string of the molecule is O=C(Nc1ccc([N+](=O)[O-])cc1)N1Cc2ccccc2C1. The van der Waals surface area contributed by atoms with Gasteiger partial charge in [-0.3, -0.25) is 10.1 Å². The van der Waals surface area contributed by atoms with Gasteiger partial charge in [0.25, 0.3) is 5.69 Å². The van der Waals surface area contributed by atoms with Crippen molar-refractivity contribution < 1.29 is 9.72 Å². The number of non-ortho nitro benzene ring substituents is 1. The molecule has 1 N–H and O–H groups in total. The molecule has 0 atom stereocenters. The number of benzene rings is 2. The predicted octanol–water partition coefficient (Wildman–Crippen LogP) is 3.14. The second kappa shape index (κ2) is 5.24. The van der Waals surface area contributed by atoms with E-state index in [0.29, 0.717) is 18.8 Å². The molecule has 2 amide bonds. The molecule has 1 aliphatic rings. The van der Waals surface area contributed by atoms with Crippen LogP contribution in [-0.2, 0) is 13.1 Å². The maximum absolute atomic E-state index is 12.2. The van der Waals surface area contributed by atoms with E-state index in [1.807, 2.05) is 24.3 Å². The second-order valence-corrected chi connectivity index (χ2v) is 4.86. The summed E-state index contributed by atoms with van der Waals surface area (Å²) in [6.07, 6.45) is 0. The molecule has 0 radical (unpaired) electrons. The Labute approximate surface area is 121 Å². The molecule has 0 saturated carbocycles. The van der Waals surface area contributed by atoms with Crippen molar-refractivity contribution in [1.29, 1.82) is 0 Å². The van der Waals surface area contributed by atoms with E-state index in [1.165, 1.54) is 24.3 Å². The quantitative estimate of drug-likeness (QED) is 0.679. The third-order valence-corrected chi connectivity index (χ3v) is 3.46. The van der Waals surface area contributed by atoms with Crippen molar-refractivity contribution in [3.05, 3.63) is 69.8 Å². The van der Waals surface area contributed by atoms with Gasteiger partial charge in [-0.2, -0.15) is 0 Å². The highest BCUT2D eigenvalue weighted by Crippen LogP contribution is 2.23. The van der Waals surface area contributed by atoms with E-state index in [4.69, 9.17) is 0 Å². The van der Waals surface area contributed by atoms with Gasteiger partial charge in [-0.25, -0.2) is 4.79 Å². The number of anilines is 1. The molecular weight excluding hydrogens is 270 g/mol. The number of fused-ring (bicyclic) bond motifs is 1. The summed E-state index contributed by atoms with van der Waals surface area (Å²) in [7, 11) is 0. The maximum atomic E-state index is 12.2. The molecule has 0 bridgehead atoms. The Kier molecular flexibility index (Phi) is 3.27. The summed E-state index contributed by atoms with van der Waals surface area (Å²) in [6.45, 7) is 1.16. The van der Waals surface area contributed by atoms with Crippen molar-refractivity contribution in [3.63, 3.8) is 0 Å². The molecule has 3 rings (SSSR count). The first kappa shape index (κ1) is 13.1. The Morgan fingerprint density at radius 3 is 2.14 bits per heavy atom. The summed E-state index contributed by atoms with van der Waals surface area (Å²) in [5.41, 5.74) is 2.84. The van der Waals surface area contributed by atoms with Crippen molar-refractivity contribution in [2.24, 2.45) is 0 Å². The van der Waals surface area contributed by atoms with Crippen LogP contribution in [0.5, 0.6) is 0 Å². The molecule has 6 nitrogen and oxygen atoms in total. The summed E-state index contributed by atoms with van der Waals surface area (Å²) in [4.78, 5) is 24.0.